The van der Waals surface area contributed by atoms with Gasteiger partial charge < -0.3 is 19.3 Å². The van der Waals surface area contributed by atoms with Gasteiger partial charge in [-0.3, -0.25) is 19.3 Å². The average molecular weight is 488 g/mol. The number of anilines is 1. The van der Waals surface area contributed by atoms with E-state index in [0.29, 0.717) is 34.9 Å². The molecular formula is C28H25NO7. The Morgan fingerprint density at radius 2 is 1.64 bits per heavy atom. The molecule has 1 heterocycles. The number of benzene rings is 3. The van der Waals surface area contributed by atoms with Crippen molar-refractivity contribution in [3.8, 4) is 17.2 Å². The molecule has 0 radical (unpaired) electrons. The first-order valence-electron chi connectivity index (χ1n) is 11.3. The number of aliphatic hydroxyl groups excluding tert-OH is 1. The van der Waals surface area contributed by atoms with Gasteiger partial charge in [0.25, 0.3) is 11.7 Å². The van der Waals surface area contributed by atoms with E-state index in [4.69, 9.17) is 14.2 Å². The van der Waals surface area contributed by atoms with Gasteiger partial charge in [-0.2, -0.15) is 0 Å². The van der Waals surface area contributed by atoms with E-state index in [0.717, 1.165) is 0 Å². The van der Waals surface area contributed by atoms with Gasteiger partial charge in [0, 0.05) is 24.2 Å². The van der Waals surface area contributed by atoms with Crippen LogP contribution >= 0.6 is 0 Å². The number of carbonyl (C=O) groups excluding carboxylic acids is 3. The van der Waals surface area contributed by atoms with Crippen molar-refractivity contribution < 1.29 is 33.7 Å². The topological polar surface area (TPSA) is 102 Å². The fourth-order valence-corrected chi connectivity index (χ4v) is 4.14. The van der Waals surface area contributed by atoms with Crippen LogP contribution in [0.4, 0.5) is 5.69 Å². The van der Waals surface area contributed by atoms with E-state index in [1.807, 2.05) is 6.92 Å². The highest BCUT2D eigenvalue weighted by atomic mass is 16.5. The molecule has 3 aromatic rings. The quantitative estimate of drug-likeness (QED) is 0.170. The molecule has 1 saturated heterocycles. The molecule has 0 saturated carbocycles. The van der Waals surface area contributed by atoms with E-state index < -0.39 is 23.7 Å². The summed E-state index contributed by atoms with van der Waals surface area (Å²) in [5.41, 5.74) is 1.10. The molecule has 0 spiro atoms. The van der Waals surface area contributed by atoms with Crippen molar-refractivity contribution in [3.63, 3.8) is 0 Å². The van der Waals surface area contributed by atoms with Crippen LogP contribution in [-0.4, -0.2) is 36.5 Å². The highest BCUT2D eigenvalue weighted by Gasteiger charge is 2.47. The Morgan fingerprint density at radius 1 is 0.944 bits per heavy atom. The Balaban J connectivity index is 1.93. The van der Waals surface area contributed by atoms with Gasteiger partial charge in [0.15, 0.2) is 0 Å². The molecule has 1 fully saturated rings. The van der Waals surface area contributed by atoms with E-state index in [-0.39, 0.29) is 17.1 Å². The van der Waals surface area contributed by atoms with Gasteiger partial charge in [-0.15, -0.1) is 0 Å². The minimum Gasteiger partial charge on any atom is -0.507 e. The maximum Gasteiger partial charge on any atom is 0.308 e. The second kappa shape index (κ2) is 10.4. The van der Waals surface area contributed by atoms with Crippen LogP contribution in [0.15, 0.2) is 78.4 Å². The van der Waals surface area contributed by atoms with Crippen LogP contribution in [0, 0.1) is 0 Å². The van der Waals surface area contributed by atoms with Gasteiger partial charge >= 0.3 is 5.97 Å². The molecule has 184 valence electrons. The molecule has 8 nitrogen and oxygen atoms in total. The monoisotopic (exact) mass is 487 g/mol. The SMILES string of the molecule is CCOc1cccc(/C(O)=C2\C(=O)C(=O)N(c3cccc(OC)c3)C2c2cccc(OC(C)=O)c2)c1. The molecule has 3 aromatic carbocycles. The molecule has 4 rings (SSSR count). The number of rotatable bonds is 7. The summed E-state index contributed by atoms with van der Waals surface area (Å²) < 4.78 is 16.1. The number of Topliss-reactive ketones (excluding diaryl/α,β-unsaturated/α-hetero) is 1. The van der Waals surface area contributed by atoms with E-state index >= 15 is 0 Å². The summed E-state index contributed by atoms with van der Waals surface area (Å²) in [6.07, 6.45) is 0. The molecule has 1 atom stereocenters. The predicted molar refractivity (Wildman–Crippen MR) is 133 cm³/mol. The summed E-state index contributed by atoms with van der Waals surface area (Å²) in [6, 6.07) is 18.9. The summed E-state index contributed by atoms with van der Waals surface area (Å²) in [5, 5.41) is 11.3. The van der Waals surface area contributed by atoms with Crippen LogP contribution in [0.25, 0.3) is 5.76 Å². The first-order chi connectivity index (χ1) is 17.3. The van der Waals surface area contributed by atoms with Crippen LogP contribution in [-0.2, 0) is 14.4 Å². The van der Waals surface area contributed by atoms with Crippen molar-refractivity contribution in [2.24, 2.45) is 0 Å². The van der Waals surface area contributed by atoms with E-state index in [2.05, 4.69) is 0 Å². The summed E-state index contributed by atoms with van der Waals surface area (Å²) in [7, 11) is 1.50. The minimum absolute atomic E-state index is 0.101. The van der Waals surface area contributed by atoms with Gasteiger partial charge in [-0.25, -0.2) is 0 Å². The second-order valence-electron chi connectivity index (χ2n) is 8.00. The third kappa shape index (κ3) is 4.79. The molecule has 1 amide bonds. The smallest absolute Gasteiger partial charge is 0.308 e. The van der Waals surface area contributed by atoms with Gasteiger partial charge in [0.1, 0.15) is 23.0 Å². The zero-order valence-electron chi connectivity index (χ0n) is 20.1. The number of nitrogens with zero attached hydrogens (tertiary/aromatic N) is 1. The van der Waals surface area contributed by atoms with Crippen molar-refractivity contribution in [2.45, 2.75) is 19.9 Å². The number of carbonyl (C=O) groups is 3. The molecule has 1 N–H and O–H groups in total. The third-order valence-corrected chi connectivity index (χ3v) is 5.63. The number of aliphatic hydroxyl groups is 1. The van der Waals surface area contributed by atoms with Crippen molar-refractivity contribution >= 4 is 29.1 Å². The molecule has 1 unspecified atom stereocenters. The fourth-order valence-electron chi connectivity index (χ4n) is 4.14. The zero-order chi connectivity index (χ0) is 25.8. The number of methoxy groups -OCH3 is 1. The van der Waals surface area contributed by atoms with Crippen LogP contribution in [0.3, 0.4) is 0 Å². The lowest BCUT2D eigenvalue weighted by Gasteiger charge is -2.26. The molecule has 0 bridgehead atoms. The fraction of sp³-hybridized carbons (Fsp3) is 0.179. The van der Waals surface area contributed by atoms with E-state index in [1.165, 1.54) is 18.9 Å². The van der Waals surface area contributed by atoms with Crippen LogP contribution < -0.4 is 19.1 Å². The lowest BCUT2D eigenvalue weighted by atomic mass is 9.95. The van der Waals surface area contributed by atoms with Gasteiger partial charge in [0.2, 0.25) is 0 Å². The number of hydrogen-bond donors (Lipinski definition) is 1. The van der Waals surface area contributed by atoms with Crippen LogP contribution in [0.2, 0.25) is 0 Å². The number of hydrogen-bond acceptors (Lipinski definition) is 7. The molecule has 36 heavy (non-hydrogen) atoms. The number of ether oxygens (including phenoxy) is 3. The summed E-state index contributed by atoms with van der Waals surface area (Å²) in [6.45, 7) is 3.54. The first-order valence-corrected chi connectivity index (χ1v) is 11.3. The Morgan fingerprint density at radius 3 is 2.36 bits per heavy atom. The van der Waals surface area contributed by atoms with Gasteiger partial charge in [-0.1, -0.05) is 30.3 Å². The summed E-state index contributed by atoms with van der Waals surface area (Å²) in [5.74, 6) is -1.27. The van der Waals surface area contributed by atoms with Crippen LogP contribution in [0.5, 0.6) is 17.2 Å². The van der Waals surface area contributed by atoms with Crippen molar-refractivity contribution in [2.75, 3.05) is 18.6 Å². The second-order valence-corrected chi connectivity index (χ2v) is 8.00. The molecule has 0 aromatic heterocycles. The highest BCUT2D eigenvalue weighted by Crippen LogP contribution is 2.43. The van der Waals surface area contributed by atoms with Crippen molar-refractivity contribution in [3.05, 3.63) is 89.5 Å². The maximum absolute atomic E-state index is 13.4. The number of amides is 1. The van der Waals surface area contributed by atoms with E-state index in [9.17, 15) is 19.5 Å². The predicted octanol–water partition coefficient (Wildman–Crippen LogP) is 4.65. The Hall–Kier alpha value is -4.59. The van der Waals surface area contributed by atoms with Crippen molar-refractivity contribution in [1.29, 1.82) is 0 Å². The Kier molecular flexibility index (Phi) is 7.05. The molecular weight excluding hydrogens is 462 g/mol. The summed E-state index contributed by atoms with van der Waals surface area (Å²) >= 11 is 0. The number of esters is 1. The average Bonchev–Trinajstić information content (AvgIpc) is 3.14. The molecule has 0 aliphatic carbocycles. The lowest BCUT2D eigenvalue weighted by Crippen LogP contribution is -2.29. The third-order valence-electron chi connectivity index (χ3n) is 5.63. The lowest BCUT2D eigenvalue weighted by molar-refractivity contribution is -0.132. The van der Waals surface area contributed by atoms with Gasteiger partial charge in [-0.05, 0) is 48.9 Å². The van der Waals surface area contributed by atoms with Crippen molar-refractivity contribution in [1.82, 2.24) is 0 Å². The standard InChI is InChI=1S/C28H25NO7/c1-4-35-22-12-6-9-19(15-22)26(31)24-25(18-8-5-13-23(14-18)36-17(2)30)29(28(33)27(24)32)20-10-7-11-21(16-20)34-3/h5-16,25,31H,4H2,1-3H3/b26-24+. The minimum atomic E-state index is -0.997. The van der Waals surface area contributed by atoms with Gasteiger partial charge in [0.05, 0.1) is 25.3 Å². The molecule has 8 heteroatoms. The zero-order valence-corrected chi connectivity index (χ0v) is 20.1. The first kappa shape index (κ1) is 24.5. The normalized spacial score (nSPS) is 16.6. The molecule has 1 aliphatic heterocycles. The Labute approximate surface area is 208 Å². The van der Waals surface area contributed by atoms with Crippen LogP contribution in [0.1, 0.15) is 31.0 Å². The largest absolute Gasteiger partial charge is 0.507 e. The Bertz CT molecular complexity index is 1360. The highest BCUT2D eigenvalue weighted by molar-refractivity contribution is 6.51. The number of ketones is 1. The maximum atomic E-state index is 13.4. The molecule has 1 aliphatic rings. The summed E-state index contributed by atoms with van der Waals surface area (Å²) in [4.78, 5) is 39.5. The van der Waals surface area contributed by atoms with E-state index in [1.54, 1.807) is 72.8 Å².